The predicted molar refractivity (Wildman–Crippen MR) is 130 cm³/mol. The number of aliphatic carboxylic acids is 1. The third-order valence-corrected chi connectivity index (χ3v) is 5.21. The molecular weight excluding hydrogens is 491 g/mol. The van der Waals surface area contributed by atoms with Gasteiger partial charge in [-0.3, -0.25) is 4.79 Å². The fourth-order valence-electron chi connectivity index (χ4n) is 3.52. The summed E-state index contributed by atoms with van der Waals surface area (Å²) in [7, 11) is 0. The molecule has 0 spiro atoms. The zero-order valence-electron chi connectivity index (χ0n) is 20.9. The predicted octanol–water partition coefficient (Wildman–Crippen LogP) is 5.50. The second kappa shape index (κ2) is 12.5. The van der Waals surface area contributed by atoms with Gasteiger partial charge in [0.1, 0.15) is 11.5 Å². The molecule has 0 fully saturated rings. The van der Waals surface area contributed by atoms with Crippen LogP contribution in [-0.2, 0) is 23.8 Å². The number of hydrogen-bond acceptors (Lipinski definition) is 6. The molecule has 0 radical (unpaired) electrons. The molecule has 1 N–H and O–H groups in total. The van der Waals surface area contributed by atoms with E-state index in [1.54, 1.807) is 18.3 Å². The number of alkyl halides is 3. The van der Waals surface area contributed by atoms with Crippen LogP contribution in [-0.4, -0.2) is 45.2 Å². The third kappa shape index (κ3) is 8.12. The average molecular weight is 522 g/mol. The minimum atomic E-state index is -4.46. The number of ether oxygens (including phenoxy) is 3. The van der Waals surface area contributed by atoms with E-state index in [0.29, 0.717) is 49.9 Å². The molecule has 11 heteroatoms. The molecule has 0 saturated carbocycles. The SMILES string of the molecule is CCOc1nn(-c2ccc(C(F)(F)F)cn2)cc1CCCOc1ccc(CCC(=O)O)c(OC(C)C)c1. The molecular formula is C26H30F3N3O5. The van der Waals surface area contributed by atoms with Crippen LogP contribution in [0, 0.1) is 0 Å². The second-order valence-electron chi connectivity index (χ2n) is 8.52. The Morgan fingerprint density at radius 2 is 1.89 bits per heavy atom. The van der Waals surface area contributed by atoms with Crippen molar-refractivity contribution >= 4 is 5.97 Å². The first kappa shape index (κ1) is 27.8. The lowest BCUT2D eigenvalue weighted by Crippen LogP contribution is -2.09. The highest BCUT2D eigenvalue weighted by atomic mass is 19.4. The number of hydrogen-bond donors (Lipinski definition) is 1. The van der Waals surface area contributed by atoms with Gasteiger partial charge in [0.2, 0.25) is 5.88 Å². The van der Waals surface area contributed by atoms with Crippen molar-refractivity contribution in [1.29, 1.82) is 0 Å². The van der Waals surface area contributed by atoms with E-state index in [2.05, 4.69) is 10.1 Å². The van der Waals surface area contributed by atoms with Gasteiger partial charge in [0, 0.05) is 30.4 Å². The first-order valence-electron chi connectivity index (χ1n) is 12.0. The van der Waals surface area contributed by atoms with Crippen molar-refractivity contribution in [2.45, 2.75) is 58.7 Å². The van der Waals surface area contributed by atoms with Gasteiger partial charge < -0.3 is 19.3 Å². The summed E-state index contributed by atoms with van der Waals surface area (Å²) < 4.78 is 57.2. The third-order valence-electron chi connectivity index (χ3n) is 5.21. The van der Waals surface area contributed by atoms with E-state index in [4.69, 9.17) is 19.3 Å². The molecule has 0 amide bonds. The molecule has 0 saturated heterocycles. The molecule has 37 heavy (non-hydrogen) atoms. The maximum Gasteiger partial charge on any atom is 0.417 e. The van der Waals surface area contributed by atoms with Crippen molar-refractivity contribution in [2.24, 2.45) is 0 Å². The number of aryl methyl sites for hydroxylation is 2. The summed E-state index contributed by atoms with van der Waals surface area (Å²) in [5, 5.41) is 13.3. The van der Waals surface area contributed by atoms with Gasteiger partial charge in [0.15, 0.2) is 5.82 Å². The molecule has 2 heterocycles. The number of pyridine rings is 1. The summed E-state index contributed by atoms with van der Waals surface area (Å²) in [5.41, 5.74) is 0.747. The fraction of sp³-hybridized carbons (Fsp3) is 0.423. The van der Waals surface area contributed by atoms with Crippen molar-refractivity contribution in [3.63, 3.8) is 0 Å². The first-order valence-corrected chi connectivity index (χ1v) is 12.0. The Hall–Kier alpha value is -3.76. The first-order chi connectivity index (χ1) is 17.6. The lowest BCUT2D eigenvalue weighted by atomic mass is 10.1. The number of rotatable bonds is 13. The lowest BCUT2D eigenvalue weighted by Gasteiger charge is -2.16. The Bertz CT molecular complexity index is 1180. The molecule has 1 aromatic carbocycles. The van der Waals surface area contributed by atoms with Crippen LogP contribution in [0.25, 0.3) is 5.82 Å². The molecule has 3 rings (SSSR count). The van der Waals surface area contributed by atoms with Crippen LogP contribution >= 0.6 is 0 Å². The standard InChI is InChI=1S/C26H30F3N3O5/c1-4-35-25-19(16-32(31-25)23-11-9-20(15-30-23)26(27,28)29)6-5-13-36-21-10-7-18(8-12-24(33)34)22(14-21)37-17(2)3/h7,9-11,14-17H,4-6,8,12-13H2,1-3H3,(H,33,34). The van der Waals surface area contributed by atoms with E-state index in [1.807, 2.05) is 26.8 Å². The molecule has 0 atom stereocenters. The molecule has 200 valence electrons. The Labute approximate surface area is 213 Å². The van der Waals surface area contributed by atoms with Crippen LogP contribution < -0.4 is 14.2 Å². The highest BCUT2D eigenvalue weighted by Gasteiger charge is 2.30. The van der Waals surface area contributed by atoms with Crippen molar-refractivity contribution in [3.05, 3.63) is 59.4 Å². The van der Waals surface area contributed by atoms with Crippen LogP contribution in [0.4, 0.5) is 13.2 Å². The number of carboxylic acids is 1. The number of halogens is 3. The molecule has 0 bridgehead atoms. The van der Waals surface area contributed by atoms with Gasteiger partial charge in [-0.1, -0.05) is 6.07 Å². The van der Waals surface area contributed by atoms with Gasteiger partial charge in [-0.2, -0.15) is 13.2 Å². The second-order valence-corrected chi connectivity index (χ2v) is 8.52. The van der Waals surface area contributed by atoms with E-state index in [1.165, 1.54) is 10.7 Å². The minimum Gasteiger partial charge on any atom is -0.493 e. The van der Waals surface area contributed by atoms with Gasteiger partial charge in [-0.05, 0) is 63.8 Å². The van der Waals surface area contributed by atoms with Gasteiger partial charge in [-0.15, -0.1) is 5.10 Å². The average Bonchev–Trinajstić information content (AvgIpc) is 3.23. The van der Waals surface area contributed by atoms with Crippen molar-refractivity contribution in [1.82, 2.24) is 14.8 Å². The lowest BCUT2D eigenvalue weighted by molar-refractivity contribution is -0.138. The molecule has 2 aromatic heterocycles. The van der Waals surface area contributed by atoms with E-state index in [-0.39, 0.29) is 18.3 Å². The maximum absolute atomic E-state index is 12.8. The summed E-state index contributed by atoms with van der Waals surface area (Å²) in [4.78, 5) is 14.8. The summed E-state index contributed by atoms with van der Waals surface area (Å²) >= 11 is 0. The maximum atomic E-state index is 12.8. The van der Waals surface area contributed by atoms with Gasteiger partial charge >= 0.3 is 12.1 Å². The van der Waals surface area contributed by atoms with E-state index >= 15 is 0 Å². The van der Waals surface area contributed by atoms with Gasteiger partial charge in [0.25, 0.3) is 0 Å². The summed E-state index contributed by atoms with van der Waals surface area (Å²) in [6.07, 6.45) is -0.539. The summed E-state index contributed by atoms with van der Waals surface area (Å²) in [6.45, 7) is 6.37. The monoisotopic (exact) mass is 521 g/mol. The van der Waals surface area contributed by atoms with E-state index in [9.17, 15) is 18.0 Å². The molecule has 0 aliphatic carbocycles. The Kier molecular flexibility index (Phi) is 9.37. The number of nitrogens with zero attached hydrogens (tertiary/aromatic N) is 3. The Morgan fingerprint density at radius 3 is 2.51 bits per heavy atom. The van der Waals surface area contributed by atoms with Crippen molar-refractivity contribution in [2.75, 3.05) is 13.2 Å². The van der Waals surface area contributed by atoms with Crippen LogP contribution in [0.3, 0.4) is 0 Å². The summed E-state index contributed by atoms with van der Waals surface area (Å²) in [5.74, 6) is 0.957. The normalized spacial score (nSPS) is 11.5. The van der Waals surface area contributed by atoms with E-state index in [0.717, 1.165) is 23.4 Å². The fourth-order valence-corrected chi connectivity index (χ4v) is 3.52. The zero-order valence-corrected chi connectivity index (χ0v) is 20.9. The minimum absolute atomic E-state index is 0.00645. The molecule has 0 aliphatic heterocycles. The molecule has 0 unspecified atom stereocenters. The molecule has 3 aromatic rings. The van der Waals surface area contributed by atoms with Crippen LogP contribution in [0.15, 0.2) is 42.7 Å². The van der Waals surface area contributed by atoms with Gasteiger partial charge in [-0.25, -0.2) is 9.67 Å². The number of benzene rings is 1. The summed E-state index contributed by atoms with van der Waals surface area (Å²) in [6, 6.07) is 7.57. The number of aromatic nitrogens is 3. The Morgan fingerprint density at radius 1 is 1.11 bits per heavy atom. The highest BCUT2D eigenvalue weighted by Crippen LogP contribution is 2.30. The highest BCUT2D eigenvalue weighted by molar-refractivity contribution is 5.67. The van der Waals surface area contributed by atoms with Crippen molar-refractivity contribution < 1.29 is 37.3 Å². The number of carboxylic acid groups (broad SMARTS) is 1. The number of carbonyl (C=O) groups is 1. The van der Waals surface area contributed by atoms with Crippen LogP contribution in [0.5, 0.6) is 17.4 Å². The molecule has 8 nitrogen and oxygen atoms in total. The Balaban J connectivity index is 1.64. The topological polar surface area (TPSA) is 95.7 Å². The van der Waals surface area contributed by atoms with Crippen LogP contribution in [0.1, 0.15) is 50.3 Å². The quantitative estimate of drug-likeness (QED) is 0.297. The van der Waals surface area contributed by atoms with E-state index < -0.39 is 17.7 Å². The largest absolute Gasteiger partial charge is 0.493 e. The smallest absolute Gasteiger partial charge is 0.417 e. The zero-order chi connectivity index (χ0) is 27.0. The van der Waals surface area contributed by atoms with Crippen molar-refractivity contribution in [3.8, 4) is 23.2 Å². The molecule has 0 aliphatic rings. The van der Waals surface area contributed by atoms with Crippen LogP contribution in [0.2, 0.25) is 0 Å². The van der Waals surface area contributed by atoms with Gasteiger partial charge in [0.05, 0.1) is 24.9 Å².